The minimum atomic E-state index is 0.148. The van der Waals surface area contributed by atoms with Crippen molar-refractivity contribution in [1.29, 1.82) is 10.5 Å². The largest absolute Gasteiger partial charge is 0.318 e. The summed E-state index contributed by atoms with van der Waals surface area (Å²) in [5, 5.41) is 18.2. The molecule has 0 bridgehead atoms. The third kappa shape index (κ3) is 2.77. The van der Waals surface area contributed by atoms with Gasteiger partial charge < -0.3 is 4.57 Å². The predicted octanol–water partition coefficient (Wildman–Crippen LogP) is 3.07. The van der Waals surface area contributed by atoms with E-state index in [9.17, 15) is 0 Å². The molecule has 4 heteroatoms. The minimum absolute atomic E-state index is 0.148. The van der Waals surface area contributed by atoms with E-state index in [1.165, 1.54) is 0 Å². The molecule has 4 nitrogen and oxygen atoms in total. The maximum Gasteiger partial charge on any atom is 0.177 e. The van der Waals surface area contributed by atoms with Crippen LogP contribution in [0.15, 0.2) is 48.1 Å². The minimum Gasteiger partial charge on any atom is -0.318 e. The van der Waals surface area contributed by atoms with Crippen molar-refractivity contribution in [3.05, 3.63) is 65.0 Å². The molecule has 0 saturated carbocycles. The maximum atomic E-state index is 9.12. The Kier molecular flexibility index (Phi) is 3.79. The van der Waals surface area contributed by atoms with Crippen LogP contribution in [0.4, 0.5) is 0 Å². The zero-order valence-corrected chi connectivity index (χ0v) is 12.5. The van der Waals surface area contributed by atoms with Crippen LogP contribution >= 0.6 is 0 Å². The Balaban J connectivity index is 1.90. The van der Waals surface area contributed by atoms with Crippen molar-refractivity contribution in [3.63, 3.8) is 0 Å². The summed E-state index contributed by atoms with van der Waals surface area (Å²) in [7, 11) is 1.73. The lowest BCUT2D eigenvalue weighted by Crippen LogP contribution is -1.95. The summed E-state index contributed by atoms with van der Waals surface area (Å²) in [6.45, 7) is 0. The van der Waals surface area contributed by atoms with Crippen LogP contribution in [-0.4, -0.2) is 9.55 Å². The van der Waals surface area contributed by atoms with Gasteiger partial charge in [-0.3, -0.25) is 0 Å². The van der Waals surface area contributed by atoms with Gasteiger partial charge in [-0.05, 0) is 18.6 Å². The van der Waals surface area contributed by atoms with Crippen molar-refractivity contribution in [2.45, 2.75) is 6.42 Å². The highest BCUT2D eigenvalue weighted by molar-refractivity contribution is 5.61. The summed E-state index contributed by atoms with van der Waals surface area (Å²) in [5.74, 6) is 6.87. The van der Waals surface area contributed by atoms with E-state index in [2.05, 4.69) is 22.9 Å². The molecule has 1 aliphatic rings. The molecule has 3 rings (SSSR count). The Morgan fingerprint density at radius 2 is 1.87 bits per heavy atom. The first-order chi connectivity index (χ1) is 11.2. The van der Waals surface area contributed by atoms with E-state index in [-0.39, 0.29) is 11.4 Å². The summed E-state index contributed by atoms with van der Waals surface area (Å²) in [6, 6.07) is 11.6. The fourth-order valence-electron chi connectivity index (χ4n) is 2.36. The molecular weight excluding hydrogens is 284 g/mol. The van der Waals surface area contributed by atoms with Crippen molar-refractivity contribution in [2.75, 3.05) is 0 Å². The van der Waals surface area contributed by atoms with Crippen molar-refractivity contribution in [3.8, 4) is 35.4 Å². The number of aromatic nitrogens is 2. The summed E-state index contributed by atoms with van der Waals surface area (Å²) in [5.41, 5.74) is 3.28. The number of nitriles is 2. The number of imidazole rings is 1. The van der Waals surface area contributed by atoms with E-state index in [0.29, 0.717) is 5.82 Å². The smallest absolute Gasteiger partial charge is 0.177 e. The second-order valence-corrected chi connectivity index (χ2v) is 5.07. The Morgan fingerprint density at radius 1 is 1.09 bits per heavy atom. The van der Waals surface area contributed by atoms with E-state index in [1.54, 1.807) is 11.6 Å². The molecule has 0 atom stereocenters. The Morgan fingerprint density at radius 3 is 2.43 bits per heavy atom. The number of hydrogen-bond acceptors (Lipinski definition) is 3. The molecule has 0 amide bonds. The number of benzene rings is 1. The van der Waals surface area contributed by atoms with Gasteiger partial charge in [0.2, 0.25) is 0 Å². The molecule has 23 heavy (non-hydrogen) atoms. The average molecular weight is 296 g/mol. The van der Waals surface area contributed by atoms with Crippen LogP contribution in [0, 0.1) is 34.5 Å². The van der Waals surface area contributed by atoms with Gasteiger partial charge in [-0.2, -0.15) is 10.5 Å². The third-order valence-electron chi connectivity index (χ3n) is 3.59. The zero-order chi connectivity index (χ0) is 16.2. The molecule has 108 valence electrons. The van der Waals surface area contributed by atoms with Crippen LogP contribution in [0.2, 0.25) is 0 Å². The second-order valence-electron chi connectivity index (χ2n) is 5.07. The highest BCUT2D eigenvalue weighted by atomic mass is 15.1. The van der Waals surface area contributed by atoms with E-state index in [4.69, 9.17) is 10.5 Å². The molecule has 0 aliphatic heterocycles. The first-order valence-corrected chi connectivity index (χ1v) is 7.08. The fourth-order valence-corrected chi connectivity index (χ4v) is 2.36. The fraction of sp³-hybridized carbons (Fsp3) is 0.105. The van der Waals surface area contributed by atoms with Crippen LogP contribution in [0.25, 0.3) is 11.4 Å². The van der Waals surface area contributed by atoms with Gasteiger partial charge in [0.05, 0.1) is 0 Å². The van der Waals surface area contributed by atoms with Crippen LogP contribution in [0.1, 0.15) is 23.4 Å². The Hall–Kier alpha value is -3.55. The van der Waals surface area contributed by atoms with Crippen molar-refractivity contribution in [1.82, 2.24) is 9.55 Å². The number of nitrogens with zero attached hydrogens (tertiary/aromatic N) is 4. The van der Waals surface area contributed by atoms with Gasteiger partial charge in [-0.1, -0.05) is 42.2 Å². The Bertz CT molecular complexity index is 962. The van der Waals surface area contributed by atoms with Crippen LogP contribution in [0.5, 0.6) is 0 Å². The lowest BCUT2D eigenvalue weighted by atomic mass is 10.1. The van der Waals surface area contributed by atoms with Gasteiger partial charge in [-0.25, -0.2) is 4.98 Å². The number of rotatable bonds is 1. The first kappa shape index (κ1) is 14.4. The van der Waals surface area contributed by atoms with Crippen molar-refractivity contribution < 1.29 is 0 Å². The molecule has 1 aromatic heterocycles. The van der Waals surface area contributed by atoms with Gasteiger partial charge in [0, 0.05) is 23.7 Å². The monoisotopic (exact) mass is 296 g/mol. The van der Waals surface area contributed by atoms with Gasteiger partial charge in [-0.15, -0.1) is 0 Å². The lowest BCUT2D eigenvalue weighted by molar-refractivity contribution is 0.907. The molecule has 0 spiro atoms. The SMILES string of the molecule is Cn1c(-c2ccc(C#CC3=CC=CC3)cc2)nc(C#N)c1C#N. The summed E-state index contributed by atoms with van der Waals surface area (Å²) in [4.78, 5) is 4.23. The predicted molar refractivity (Wildman–Crippen MR) is 86.8 cm³/mol. The molecule has 0 unspecified atom stereocenters. The Labute approximate surface area is 134 Å². The molecular formula is C19H12N4. The van der Waals surface area contributed by atoms with Gasteiger partial charge >= 0.3 is 0 Å². The average Bonchev–Trinajstić information content (AvgIpc) is 3.20. The van der Waals surface area contributed by atoms with Crippen LogP contribution in [-0.2, 0) is 7.05 Å². The van der Waals surface area contributed by atoms with Crippen molar-refractivity contribution in [2.24, 2.45) is 7.05 Å². The molecule has 1 heterocycles. The van der Waals surface area contributed by atoms with Gasteiger partial charge in [0.1, 0.15) is 18.0 Å². The number of hydrogen-bond donors (Lipinski definition) is 0. The molecule has 0 radical (unpaired) electrons. The van der Waals surface area contributed by atoms with E-state index in [1.807, 2.05) is 48.6 Å². The normalized spacial score (nSPS) is 12.0. The molecule has 1 aliphatic carbocycles. The summed E-state index contributed by atoms with van der Waals surface area (Å²) in [6.07, 6.45) is 7.00. The zero-order valence-electron chi connectivity index (χ0n) is 12.5. The first-order valence-electron chi connectivity index (χ1n) is 7.08. The molecule has 0 saturated heterocycles. The van der Waals surface area contributed by atoms with Gasteiger partial charge in [0.15, 0.2) is 11.4 Å². The van der Waals surface area contributed by atoms with Gasteiger partial charge in [0.25, 0.3) is 0 Å². The van der Waals surface area contributed by atoms with E-state index in [0.717, 1.165) is 23.1 Å². The van der Waals surface area contributed by atoms with E-state index >= 15 is 0 Å². The topological polar surface area (TPSA) is 65.4 Å². The van der Waals surface area contributed by atoms with Crippen LogP contribution < -0.4 is 0 Å². The van der Waals surface area contributed by atoms with Crippen LogP contribution in [0.3, 0.4) is 0 Å². The summed E-state index contributed by atoms with van der Waals surface area (Å²) >= 11 is 0. The van der Waals surface area contributed by atoms with E-state index < -0.39 is 0 Å². The maximum absolute atomic E-state index is 9.12. The second kappa shape index (κ2) is 6.06. The highest BCUT2D eigenvalue weighted by Gasteiger charge is 2.15. The highest BCUT2D eigenvalue weighted by Crippen LogP contribution is 2.21. The third-order valence-corrected chi connectivity index (χ3v) is 3.59. The summed E-state index contributed by atoms with van der Waals surface area (Å²) < 4.78 is 1.63. The molecule has 0 N–H and O–H groups in total. The quantitative estimate of drug-likeness (QED) is 0.760. The standard InChI is InChI=1S/C19H12N4/c1-23-18(13-21)17(12-20)22-19(23)16-10-8-15(9-11-16)7-6-14-4-2-3-5-14/h2-4,8-11H,5H2,1H3. The lowest BCUT2D eigenvalue weighted by Gasteiger charge is -2.02. The molecule has 0 fully saturated rings. The number of allylic oxidation sites excluding steroid dienone is 4. The molecule has 2 aromatic rings. The van der Waals surface area contributed by atoms with Crippen molar-refractivity contribution >= 4 is 0 Å². The molecule has 1 aromatic carbocycles.